The van der Waals surface area contributed by atoms with E-state index in [-0.39, 0.29) is 12.3 Å². The Morgan fingerprint density at radius 2 is 2.47 bits per heavy atom. The second-order valence-corrected chi connectivity index (χ2v) is 4.08. The quantitative estimate of drug-likeness (QED) is 0.597. The standard InChI is InChI=1S/C11H14N2O4/c14-10(15)6-9-11(16)12-3-4-13(9)7-8-2-1-5-17-8/h1-2,5,9H,3-4,6-7H2,(H,12,16)(H,14,15). The smallest absolute Gasteiger partial charge is 0.278 e. The predicted octanol–water partition coefficient (Wildman–Crippen LogP) is -2.70. The zero-order valence-electron chi connectivity index (χ0n) is 9.27. The van der Waals surface area contributed by atoms with Gasteiger partial charge in [-0.15, -0.1) is 0 Å². The van der Waals surface area contributed by atoms with E-state index in [2.05, 4.69) is 5.32 Å². The molecule has 2 heterocycles. The van der Waals surface area contributed by atoms with Gasteiger partial charge in [0.1, 0.15) is 6.54 Å². The van der Waals surface area contributed by atoms with Crippen molar-refractivity contribution in [2.75, 3.05) is 13.1 Å². The number of hydrogen-bond acceptors (Lipinski definition) is 4. The second-order valence-electron chi connectivity index (χ2n) is 4.08. The van der Waals surface area contributed by atoms with Crippen LogP contribution in [0.5, 0.6) is 0 Å². The third kappa shape index (κ3) is 2.85. The summed E-state index contributed by atoms with van der Waals surface area (Å²) < 4.78 is 5.21. The van der Waals surface area contributed by atoms with Crippen LogP contribution in [0, 0.1) is 0 Å². The summed E-state index contributed by atoms with van der Waals surface area (Å²) in [4.78, 5) is 23.1. The van der Waals surface area contributed by atoms with E-state index in [0.717, 1.165) is 10.7 Å². The van der Waals surface area contributed by atoms with Crippen molar-refractivity contribution >= 4 is 11.9 Å². The van der Waals surface area contributed by atoms with E-state index in [9.17, 15) is 14.7 Å². The normalized spacial score (nSPS) is 24.4. The van der Waals surface area contributed by atoms with Crippen LogP contribution in [0.4, 0.5) is 0 Å². The van der Waals surface area contributed by atoms with E-state index < -0.39 is 12.0 Å². The molecule has 0 aliphatic carbocycles. The van der Waals surface area contributed by atoms with Crippen molar-refractivity contribution < 1.29 is 24.0 Å². The van der Waals surface area contributed by atoms with Gasteiger partial charge in [-0.3, -0.25) is 4.79 Å². The molecule has 6 nitrogen and oxygen atoms in total. The highest BCUT2D eigenvalue weighted by Crippen LogP contribution is 1.99. The maximum Gasteiger partial charge on any atom is 0.278 e. The molecule has 2 atom stereocenters. The number of piperazine rings is 1. The average Bonchev–Trinajstić information content (AvgIpc) is 2.75. The van der Waals surface area contributed by atoms with E-state index in [1.807, 2.05) is 6.07 Å². The number of hydrogen-bond donors (Lipinski definition) is 2. The summed E-state index contributed by atoms with van der Waals surface area (Å²) in [7, 11) is 0. The molecule has 1 aliphatic heterocycles. The molecule has 0 radical (unpaired) electrons. The monoisotopic (exact) mass is 238 g/mol. The van der Waals surface area contributed by atoms with Gasteiger partial charge < -0.3 is 24.5 Å². The van der Waals surface area contributed by atoms with Crippen LogP contribution in [0.2, 0.25) is 0 Å². The molecular weight excluding hydrogens is 224 g/mol. The molecule has 1 aliphatic rings. The van der Waals surface area contributed by atoms with Gasteiger partial charge in [0, 0.05) is 12.4 Å². The minimum Gasteiger partial charge on any atom is -0.550 e. The first-order chi connectivity index (χ1) is 8.16. The summed E-state index contributed by atoms with van der Waals surface area (Å²) >= 11 is 0. The summed E-state index contributed by atoms with van der Waals surface area (Å²) in [6.07, 6.45) is 1.30. The maximum atomic E-state index is 11.6. The third-order valence-corrected chi connectivity index (χ3v) is 2.91. The summed E-state index contributed by atoms with van der Waals surface area (Å²) in [6, 6.07) is 2.99. The molecular formula is C11H14N2O4. The molecule has 0 saturated carbocycles. The molecule has 1 aromatic rings. The van der Waals surface area contributed by atoms with Gasteiger partial charge in [0.2, 0.25) is 0 Å². The highest BCUT2D eigenvalue weighted by molar-refractivity contribution is 5.84. The van der Waals surface area contributed by atoms with Crippen LogP contribution in [-0.4, -0.2) is 31.0 Å². The van der Waals surface area contributed by atoms with E-state index in [1.165, 1.54) is 0 Å². The Balaban J connectivity index is 2.06. The summed E-state index contributed by atoms with van der Waals surface area (Å²) in [5, 5.41) is 13.3. The number of carbonyl (C=O) groups is 2. The molecule has 0 spiro atoms. The topological polar surface area (TPSA) is 86.8 Å². The Labute approximate surface area is 98.2 Å². The molecule has 0 aromatic carbocycles. The van der Waals surface area contributed by atoms with Crippen LogP contribution < -0.4 is 15.3 Å². The first-order valence-electron chi connectivity index (χ1n) is 5.51. The summed E-state index contributed by atoms with van der Waals surface area (Å²) in [5.41, 5.74) is 0. The van der Waals surface area contributed by atoms with Gasteiger partial charge in [-0.05, 0) is 12.1 Å². The number of carbonyl (C=O) groups excluding carboxylic acids is 2. The molecule has 6 heteroatoms. The fourth-order valence-electron chi connectivity index (χ4n) is 2.08. The van der Waals surface area contributed by atoms with E-state index in [4.69, 9.17) is 4.42 Å². The number of furan rings is 1. The lowest BCUT2D eigenvalue weighted by atomic mass is 10.1. The largest absolute Gasteiger partial charge is 0.550 e. The molecule has 17 heavy (non-hydrogen) atoms. The first kappa shape index (κ1) is 11.7. The van der Waals surface area contributed by atoms with E-state index >= 15 is 0 Å². The molecule has 1 amide bonds. The number of nitrogens with one attached hydrogen (secondary N) is 2. The Morgan fingerprint density at radius 3 is 3.12 bits per heavy atom. The number of carboxylic acids is 1. The van der Waals surface area contributed by atoms with Gasteiger partial charge >= 0.3 is 0 Å². The molecule has 1 fully saturated rings. The number of rotatable bonds is 4. The van der Waals surface area contributed by atoms with E-state index in [1.54, 1.807) is 12.3 Å². The molecule has 2 N–H and O–H groups in total. The highest BCUT2D eigenvalue weighted by Gasteiger charge is 2.33. The summed E-state index contributed by atoms with van der Waals surface area (Å²) in [6.45, 7) is 1.75. The highest BCUT2D eigenvalue weighted by atomic mass is 16.4. The van der Waals surface area contributed by atoms with Gasteiger partial charge in [0.05, 0.1) is 19.4 Å². The van der Waals surface area contributed by atoms with Gasteiger partial charge in [-0.1, -0.05) is 0 Å². The van der Waals surface area contributed by atoms with Crippen molar-refractivity contribution in [3.8, 4) is 0 Å². The minimum atomic E-state index is -1.20. The lowest BCUT2D eigenvalue weighted by Crippen LogP contribution is -3.18. The Kier molecular flexibility index (Phi) is 3.43. The van der Waals surface area contributed by atoms with Crippen LogP contribution in [0.15, 0.2) is 22.8 Å². The third-order valence-electron chi connectivity index (χ3n) is 2.91. The zero-order valence-corrected chi connectivity index (χ0v) is 9.27. The molecule has 2 rings (SSSR count). The van der Waals surface area contributed by atoms with Crippen LogP contribution in [0.25, 0.3) is 0 Å². The molecule has 2 unspecified atom stereocenters. The zero-order chi connectivity index (χ0) is 12.3. The molecule has 0 bridgehead atoms. The maximum absolute atomic E-state index is 11.6. The summed E-state index contributed by atoms with van der Waals surface area (Å²) in [5.74, 6) is -0.691. The lowest BCUT2D eigenvalue weighted by Gasteiger charge is -2.31. The second kappa shape index (κ2) is 5.01. The Bertz CT molecular complexity index is 402. The predicted molar refractivity (Wildman–Crippen MR) is 54.7 cm³/mol. The fraction of sp³-hybridized carbons (Fsp3) is 0.455. The van der Waals surface area contributed by atoms with Gasteiger partial charge in [-0.25, -0.2) is 0 Å². The first-order valence-corrected chi connectivity index (χ1v) is 5.51. The molecule has 1 saturated heterocycles. The van der Waals surface area contributed by atoms with Crippen molar-refractivity contribution in [1.82, 2.24) is 5.32 Å². The number of aliphatic carboxylic acids is 1. The van der Waals surface area contributed by atoms with Gasteiger partial charge in [-0.2, -0.15) is 0 Å². The van der Waals surface area contributed by atoms with Crippen LogP contribution in [0.3, 0.4) is 0 Å². The van der Waals surface area contributed by atoms with Crippen molar-refractivity contribution in [2.45, 2.75) is 19.0 Å². The van der Waals surface area contributed by atoms with Crippen molar-refractivity contribution in [3.05, 3.63) is 24.2 Å². The lowest BCUT2D eigenvalue weighted by molar-refractivity contribution is -0.931. The van der Waals surface area contributed by atoms with Crippen molar-refractivity contribution in [2.24, 2.45) is 0 Å². The Morgan fingerprint density at radius 1 is 1.65 bits per heavy atom. The Hall–Kier alpha value is -1.82. The average molecular weight is 238 g/mol. The van der Waals surface area contributed by atoms with Gasteiger partial charge in [0.25, 0.3) is 5.91 Å². The van der Waals surface area contributed by atoms with Crippen LogP contribution in [-0.2, 0) is 16.1 Å². The number of carboxylic acid groups (broad SMARTS) is 1. The molecule has 1 aromatic heterocycles. The molecule has 92 valence electrons. The fourth-order valence-corrected chi connectivity index (χ4v) is 2.08. The number of quaternary nitrogens is 1. The van der Waals surface area contributed by atoms with Crippen molar-refractivity contribution in [3.63, 3.8) is 0 Å². The SMILES string of the molecule is O=C([O-])CC1C(=O)NCC[NH+]1Cc1ccco1. The van der Waals surface area contributed by atoms with Crippen LogP contribution in [0.1, 0.15) is 12.2 Å². The van der Waals surface area contributed by atoms with Crippen molar-refractivity contribution in [1.29, 1.82) is 0 Å². The van der Waals surface area contributed by atoms with Crippen LogP contribution >= 0.6 is 0 Å². The van der Waals surface area contributed by atoms with E-state index in [0.29, 0.717) is 19.6 Å². The van der Waals surface area contributed by atoms with Gasteiger partial charge in [0.15, 0.2) is 11.8 Å². The minimum absolute atomic E-state index is 0.234. The number of amides is 1.